The van der Waals surface area contributed by atoms with Crippen molar-refractivity contribution in [3.8, 4) is 11.5 Å². The van der Waals surface area contributed by atoms with E-state index in [2.05, 4.69) is 22.5 Å². The van der Waals surface area contributed by atoms with Crippen LogP contribution in [0.5, 0.6) is 11.5 Å². The number of aromatic hydroxyl groups is 1. The lowest BCUT2D eigenvalue weighted by molar-refractivity contribution is -0.157. The highest BCUT2D eigenvalue weighted by Gasteiger charge is 2.43. The Hall–Kier alpha value is -4.90. The highest BCUT2D eigenvalue weighted by molar-refractivity contribution is 5.91. The zero-order valence-corrected chi connectivity index (χ0v) is 24.0. The molecule has 0 aliphatic carbocycles. The summed E-state index contributed by atoms with van der Waals surface area (Å²) in [5, 5.41) is 18.4. The van der Waals surface area contributed by atoms with Crippen molar-refractivity contribution < 1.29 is 28.6 Å². The summed E-state index contributed by atoms with van der Waals surface area (Å²) in [4.78, 5) is 43.5. The van der Waals surface area contributed by atoms with Crippen LogP contribution in [0.25, 0.3) is 0 Å². The number of nitrogens with one attached hydrogen (secondary N) is 3. The van der Waals surface area contributed by atoms with Crippen molar-refractivity contribution in [1.29, 1.82) is 0 Å². The minimum absolute atomic E-state index is 0.0616. The fourth-order valence-electron chi connectivity index (χ4n) is 4.92. The lowest BCUT2D eigenvalue weighted by Crippen LogP contribution is -2.69. The first kappa shape index (κ1) is 31.0. The first-order valence-electron chi connectivity index (χ1n) is 13.9. The summed E-state index contributed by atoms with van der Waals surface area (Å²) < 4.78 is 20.0. The number of benzene rings is 3. The Morgan fingerprint density at radius 1 is 1.09 bits per heavy atom. The maximum atomic E-state index is 14.9. The standard InChI is InChI=1S/C32H36FN5O5/c1-3-15-34-19-30(40)38-28(16-22-9-12-25(39)13-10-22)31(41)37(20-24-11-14-26(43-2)17-27(24)33)21-29(38)36-32(42)35-18-23-7-5-4-6-8-23/h3-14,17,28-29,34,39H,1,15-16,18-21H2,2H3,(H2,35,36,42)/t28-,29+/m0/s1. The van der Waals surface area contributed by atoms with Gasteiger partial charge in [0.15, 0.2) is 0 Å². The SMILES string of the molecule is C=CCNCC(=O)N1[C@@H](NC(=O)NCc2ccccc2)CN(Cc2ccc(OC)cc2F)C(=O)[C@@H]1Cc1ccc(O)cc1. The molecule has 3 aromatic rings. The summed E-state index contributed by atoms with van der Waals surface area (Å²) in [5.74, 6) is -0.938. The number of amides is 4. The quantitative estimate of drug-likeness (QED) is 0.190. The maximum Gasteiger partial charge on any atom is 0.316 e. The zero-order chi connectivity index (χ0) is 30.8. The second-order valence-electron chi connectivity index (χ2n) is 10.1. The van der Waals surface area contributed by atoms with Gasteiger partial charge >= 0.3 is 6.03 Å². The van der Waals surface area contributed by atoms with Crippen molar-refractivity contribution in [2.24, 2.45) is 0 Å². The van der Waals surface area contributed by atoms with Gasteiger partial charge in [-0.1, -0.05) is 54.6 Å². The molecule has 1 heterocycles. The lowest BCUT2D eigenvalue weighted by atomic mass is 9.99. The molecule has 4 N–H and O–H groups in total. The number of phenols is 1. The molecule has 4 amide bonds. The van der Waals surface area contributed by atoms with Crippen molar-refractivity contribution >= 4 is 17.8 Å². The van der Waals surface area contributed by atoms with Crippen LogP contribution in [-0.2, 0) is 29.1 Å². The van der Waals surface area contributed by atoms with E-state index in [1.54, 1.807) is 30.3 Å². The number of halogens is 1. The van der Waals surface area contributed by atoms with Gasteiger partial charge in [-0.2, -0.15) is 0 Å². The van der Waals surface area contributed by atoms with E-state index < -0.39 is 35.9 Å². The van der Waals surface area contributed by atoms with Gasteiger partial charge in [0, 0.05) is 37.7 Å². The Kier molecular flexibility index (Phi) is 10.7. The molecule has 0 aromatic heterocycles. The molecular formula is C32H36FN5O5. The molecule has 0 bridgehead atoms. The van der Waals surface area contributed by atoms with Crippen LogP contribution in [0.4, 0.5) is 9.18 Å². The number of nitrogens with zero attached hydrogens (tertiary/aromatic N) is 2. The topological polar surface area (TPSA) is 123 Å². The summed E-state index contributed by atoms with van der Waals surface area (Å²) in [6.07, 6.45) is 0.799. The zero-order valence-electron chi connectivity index (χ0n) is 24.0. The van der Waals surface area contributed by atoms with Crippen LogP contribution in [0.1, 0.15) is 16.7 Å². The van der Waals surface area contributed by atoms with E-state index in [1.165, 1.54) is 35.1 Å². The third-order valence-electron chi connectivity index (χ3n) is 7.09. The first-order valence-corrected chi connectivity index (χ1v) is 13.9. The Morgan fingerprint density at radius 3 is 2.51 bits per heavy atom. The largest absolute Gasteiger partial charge is 0.508 e. The number of hydrogen-bond donors (Lipinski definition) is 4. The number of ether oxygens (including phenoxy) is 1. The Labute approximate surface area is 250 Å². The third kappa shape index (κ3) is 8.32. The van der Waals surface area contributed by atoms with Gasteiger partial charge in [-0.15, -0.1) is 6.58 Å². The van der Waals surface area contributed by atoms with Crippen LogP contribution in [0, 0.1) is 5.82 Å². The van der Waals surface area contributed by atoms with E-state index in [0.29, 0.717) is 17.9 Å². The normalized spacial score (nSPS) is 16.5. The number of carbonyl (C=O) groups excluding carboxylic acids is 3. The van der Waals surface area contributed by atoms with E-state index in [-0.39, 0.29) is 43.9 Å². The molecule has 0 spiro atoms. The summed E-state index contributed by atoms with van der Waals surface area (Å²) in [6.45, 7) is 4.04. The molecule has 10 nitrogen and oxygen atoms in total. The van der Waals surface area contributed by atoms with Crippen molar-refractivity contribution in [2.75, 3.05) is 26.7 Å². The van der Waals surface area contributed by atoms with E-state index in [4.69, 9.17) is 4.74 Å². The Bertz CT molecular complexity index is 1420. The van der Waals surface area contributed by atoms with E-state index in [0.717, 1.165) is 5.56 Å². The second kappa shape index (κ2) is 14.8. The number of piperazine rings is 1. The molecule has 1 aliphatic rings. The van der Waals surface area contributed by atoms with E-state index >= 15 is 0 Å². The van der Waals surface area contributed by atoms with Gasteiger partial charge in [0.2, 0.25) is 11.8 Å². The van der Waals surface area contributed by atoms with Crippen LogP contribution in [-0.4, -0.2) is 71.7 Å². The van der Waals surface area contributed by atoms with Gasteiger partial charge < -0.3 is 35.6 Å². The number of carbonyl (C=O) groups is 3. The third-order valence-corrected chi connectivity index (χ3v) is 7.09. The second-order valence-corrected chi connectivity index (χ2v) is 10.1. The van der Waals surface area contributed by atoms with E-state index in [1.807, 2.05) is 30.3 Å². The number of phenolic OH excluding ortho intramolecular Hbond substituents is 1. The Morgan fingerprint density at radius 2 is 1.84 bits per heavy atom. The highest BCUT2D eigenvalue weighted by atomic mass is 19.1. The van der Waals surface area contributed by atoms with Crippen molar-refractivity contribution in [2.45, 2.75) is 31.7 Å². The predicted molar refractivity (Wildman–Crippen MR) is 159 cm³/mol. The summed E-state index contributed by atoms with van der Waals surface area (Å²) in [7, 11) is 1.44. The number of urea groups is 1. The molecule has 1 saturated heterocycles. The lowest BCUT2D eigenvalue weighted by Gasteiger charge is -2.46. The fraction of sp³-hybridized carbons (Fsp3) is 0.281. The fourth-order valence-corrected chi connectivity index (χ4v) is 4.92. The summed E-state index contributed by atoms with van der Waals surface area (Å²) >= 11 is 0. The average Bonchev–Trinajstić information content (AvgIpc) is 3.01. The van der Waals surface area contributed by atoms with Crippen molar-refractivity contribution in [3.63, 3.8) is 0 Å². The van der Waals surface area contributed by atoms with Crippen LogP contribution < -0.4 is 20.7 Å². The summed E-state index contributed by atoms with van der Waals surface area (Å²) in [5.41, 5.74) is 1.84. The van der Waals surface area contributed by atoms with Gasteiger partial charge in [-0.05, 0) is 29.3 Å². The minimum Gasteiger partial charge on any atom is -0.508 e. The Balaban J connectivity index is 1.64. The molecule has 0 radical (unpaired) electrons. The van der Waals surface area contributed by atoms with Gasteiger partial charge in [-0.3, -0.25) is 9.59 Å². The molecule has 226 valence electrons. The van der Waals surface area contributed by atoms with Crippen LogP contribution in [0.2, 0.25) is 0 Å². The van der Waals surface area contributed by atoms with Crippen LogP contribution in [0.15, 0.2) is 85.5 Å². The molecule has 3 aromatic carbocycles. The molecular weight excluding hydrogens is 553 g/mol. The number of rotatable bonds is 12. The highest BCUT2D eigenvalue weighted by Crippen LogP contribution is 2.25. The van der Waals surface area contributed by atoms with Crippen molar-refractivity contribution in [1.82, 2.24) is 25.8 Å². The van der Waals surface area contributed by atoms with Gasteiger partial charge in [0.25, 0.3) is 0 Å². The first-order chi connectivity index (χ1) is 20.8. The minimum atomic E-state index is -1.02. The van der Waals surface area contributed by atoms with Crippen molar-refractivity contribution in [3.05, 3.63) is 108 Å². The molecule has 4 rings (SSSR count). The molecule has 0 saturated carbocycles. The summed E-state index contributed by atoms with van der Waals surface area (Å²) in [6, 6.07) is 18.5. The molecule has 43 heavy (non-hydrogen) atoms. The van der Waals surface area contributed by atoms with Gasteiger partial charge in [-0.25, -0.2) is 9.18 Å². The van der Waals surface area contributed by atoms with Crippen LogP contribution >= 0.6 is 0 Å². The molecule has 1 fully saturated rings. The maximum absolute atomic E-state index is 14.9. The molecule has 0 unspecified atom stereocenters. The average molecular weight is 590 g/mol. The van der Waals surface area contributed by atoms with Gasteiger partial charge in [0.1, 0.15) is 29.5 Å². The smallest absolute Gasteiger partial charge is 0.316 e. The molecule has 2 atom stereocenters. The monoisotopic (exact) mass is 589 g/mol. The molecule has 1 aliphatic heterocycles. The number of methoxy groups -OCH3 is 1. The van der Waals surface area contributed by atoms with Gasteiger partial charge in [0.05, 0.1) is 20.2 Å². The molecule has 11 heteroatoms. The predicted octanol–water partition coefficient (Wildman–Crippen LogP) is 2.92. The van der Waals surface area contributed by atoms with E-state index in [9.17, 15) is 23.9 Å². The number of hydrogen-bond acceptors (Lipinski definition) is 6. The van der Waals surface area contributed by atoms with Crippen LogP contribution in [0.3, 0.4) is 0 Å².